The quantitative estimate of drug-likeness (QED) is 0.228. The summed E-state index contributed by atoms with van der Waals surface area (Å²) < 4.78 is 15.5. The summed E-state index contributed by atoms with van der Waals surface area (Å²) >= 11 is 3.30. The predicted molar refractivity (Wildman–Crippen MR) is 140 cm³/mol. The summed E-state index contributed by atoms with van der Waals surface area (Å²) in [6, 6.07) is 17.4. The molecular weight excluding hydrogens is 463 g/mol. The van der Waals surface area contributed by atoms with Gasteiger partial charge in [-0.1, -0.05) is 30.0 Å². The van der Waals surface area contributed by atoms with Crippen LogP contribution in [0, 0.1) is 19.7 Å². The second kappa shape index (κ2) is 9.31. The number of rotatable bonds is 6. The molecule has 34 heavy (non-hydrogen) atoms. The molecule has 0 aliphatic rings. The first-order valence-corrected chi connectivity index (χ1v) is 13.1. The second-order valence-electron chi connectivity index (χ2n) is 8.67. The lowest BCUT2D eigenvalue weighted by Crippen LogP contribution is -2.06. The third kappa shape index (κ3) is 4.38. The molecule has 3 aromatic heterocycles. The Morgan fingerprint density at radius 2 is 1.76 bits per heavy atom. The van der Waals surface area contributed by atoms with Crippen LogP contribution in [0.1, 0.15) is 36.6 Å². The highest BCUT2D eigenvalue weighted by Crippen LogP contribution is 2.37. The molecule has 0 amide bonds. The van der Waals surface area contributed by atoms with Crippen molar-refractivity contribution in [2.75, 3.05) is 0 Å². The van der Waals surface area contributed by atoms with Gasteiger partial charge in [-0.2, -0.15) is 0 Å². The molecular formula is C27H25FN4S2. The van der Waals surface area contributed by atoms with Crippen LogP contribution in [0.5, 0.6) is 0 Å². The van der Waals surface area contributed by atoms with E-state index < -0.39 is 0 Å². The molecule has 5 aromatic rings. The van der Waals surface area contributed by atoms with Gasteiger partial charge in [-0.25, -0.2) is 9.37 Å². The van der Waals surface area contributed by atoms with Gasteiger partial charge in [-0.15, -0.1) is 21.5 Å². The third-order valence-corrected chi connectivity index (χ3v) is 7.81. The summed E-state index contributed by atoms with van der Waals surface area (Å²) in [7, 11) is 0. The van der Waals surface area contributed by atoms with Crippen LogP contribution in [-0.2, 0) is 5.75 Å². The molecule has 7 heteroatoms. The maximum atomic E-state index is 13.3. The van der Waals surface area contributed by atoms with Gasteiger partial charge in [0.15, 0.2) is 11.0 Å². The number of benzene rings is 2. The number of hydrogen-bond acceptors (Lipinski definition) is 5. The second-order valence-corrected chi connectivity index (χ2v) is 10.6. The van der Waals surface area contributed by atoms with Crippen molar-refractivity contribution in [3.05, 3.63) is 82.5 Å². The van der Waals surface area contributed by atoms with Crippen molar-refractivity contribution >= 4 is 34.0 Å². The van der Waals surface area contributed by atoms with Crippen LogP contribution >= 0.6 is 23.1 Å². The van der Waals surface area contributed by atoms with Crippen molar-refractivity contribution < 1.29 is 4.39 Å². The fraction of sp³-hybridized carbons (Fsp3) is 0.222. The Kier molecular flexibility index (Phi) is 6.23. The van der Waals surface area contributed by atoms with E-state index in [1.165, 1.54) is 23.3 Å². The maximum absolute atomic E-state index is 13.3. The van der Waals surface area contributed by atoms with Crippen LogP contribution in [0.25, 0.3) is 32.9 Å². The highest BCUT2D eigenvalue weighted by Gasteiger charge is 2.21. The summed E-state index contributed by atoms with van der Waals surface area (Å²) in [4.78, 5) is 6.12. The molecule has 0 aliphatic heterocycles. The molecule has 5 rings (SSSR count). The van der Waals surface area contributed by atoms with Gasteiger partial charge in [0.1, 0.15) is 5.82 Å². The molecule has 0 saturated carbocycles. The minimum Gasteiger partial charge on any atom is -0.299 e. The fourth-order valence-electron chi connectivity index (χ4n) is 3.97. The lowest BCUT2D eigenvalue weighted by molar-refractivity contribution is 0.555. The standard InChI is InChI=1S/C27H25FN4S2/c1-16(2)32-26(30-31-27(32)34-15-19-7-9-20(28)10-8-19)22-14-24(25-6-5-11-33-25)29-23-13-18(4)17(3)12-21(22)23/h5-14,16H,15H2,1-4H3. The van der Waals surface area contributed by atoms with E-state index >= 15 is 0 Å². The minimum absolute atomic E-state index is 0.167. The maximum Gasteiger partial charge on any atom is 0.192 e. The van der Waals surface area contributed by atoms with E-state index in [1.807, 2.05) is 18.2 Å². The van der Waals surface area contributed by atoms with Crippen LogP contribution in [0.3, 0.4) is 0 Å². The van der Waals surface area contributed by atoms with Crippen LogP contribution in [-0.4, -0.2) is 19.7 Å². The third-order valence-electron chi connectivity index (χ3n) is 5.90. The lowest BCUT2D eigenvalue weighted by atomic mass is 10.0. The number of halogens is 1. The normalized spacial score (nSPS) is 11.6. The Morgan fingerprint density at radius 1 is 1.00 bits per heavy atom. The molecule has 0 spiro atoms. The number of hydrogen-bond donors (Lipinski definition) is 0. The number of aryl methyl sites for hydroxylation is 2. The van der Waals surface area contributed by atoms with Crippen LogP contribution < -0.4 is 0 Å². The first kappa shape index (κ1) is 22.7. The van der Waals surface area contributed by atoms with Gasteiger partial charge in [0, 0.05) is 22.7 Å². The van der Waals surface area contributed by atoms with E-state index in [9.17, 15) is 4.39 Å². The molecule has 4 nitrogen and oxygen atoms in total. The Bertz CT molecular complexity index is 1450. The topological polar surface area (TPSA) is 43.6 Å². The fourth-order valence-corrected chi connectivity index (χ4v) is 5.68. The van der Waals surface area contributed by atoms with E-state index in [1.54, 1.807) is 23.1 Å². The van der Waals surface area contributed by atoms with E-state index in [0.717, 1.165) is 43.6 Å². The van der Waals surface area contributed by atoms with Crippen LogP contribution in [0.4, 0.5) is 4.39 Å². The molecule has 172 valence electrons. The monoisotopic (exact) mass is 488 g/mol. The highest BCUT2D eigenvalue weighted by atomic mass is 32.2. The minimum atomic E-state index is -0.224. The van der Waals surface area contributed by atoms with E-state index in [0.29, 0.717) is 5.75 Å². The van der Waals surface area contributed by atoms with Crippen molar-refractivity contribution in [1.29, 1.82) is 0 Å². The SMILES string of the molecule is Cc1cc2nc(-c3cccs3)cc(-c3nnc(SCc4ccc(F)cc4)n3C(C)C)c2cc1C. The van der Waals surface area contributed by atoms with E-state index in [2.05, 4.69) is 72.1 Å². The Morgan fingerprint density at radius 3 is 2.47 bits per heavy atom. The molecule has 2 aromatic carbocycles. The smallest absolute Gasteiger partial charge is 0.192 e. The number of thiophene rings is 1. The van der Waals surface area contributed by atoms with Gasteiger partial charge >= 0.3 is 0 Å². The molecule has 0 saturated heterocycles. The molecule has 0 fully saturated rings. The zero-order valence-corrected chi connectivity index (χ0v) is 21.2. The van der Waals surface area contributed by atoms with Gasteiger partial charge in [0.2, 0.25) is 0 Å². The number of thioether (sulfide) groups is 1. The zero-order chi connectivity index (χ0) is 23.8. The summed E-state index contributed by atoms with van der Waals surface area (Å²) in [6.07, 6.45) is 0. The molecule has 3 heterocycles. The number of nitrogens with zero attached hydrogens (tertiary/aromatic N) is 4. The summed E-state index contributed by atoms with van der Waals surface area (Å²) in [6.45, 7) is 8.54. The van der Waals surface area contributed by atoms with Crippen molar-refractivity contribution in [3.63, 3.8) is 0 Å². The number of aromatic nitrogens is 4. The van der Waals surface area contributed by atoms with E-state index in [-0.39, 0.29) is 11.9 Å². The summed E-state index contributed by atoms with van der Waals surface area (Å²) in [5.41, 5.74) is 6.43. The Labute approximate surface area is 206 Å². The number of pyridine rings is 1. The van der Waals surface area contributed by atoms with E-state index in [4.69, 9.17) is 4.98 Å². The largest absolute Gasteiger partial charge is 0.299 e. The predicted octanol–water partition coefficient (Wildman–Crippen LogP) is 7.85. The molecule has 0 radical (unpaired) electrons. The Balaban J connectivity index is 1.64. The van der Waals surface area contributed by atoms with Crippen molar-refractivity contribution in [3.8, 4) is 22.0 Å². The van der Waals surface area contributed by atoms with Gasteiger partial charge in [-0.05, 0) is 86.2 Å². The molecule has 0 N–H and O–H groups in total. The average Bonchev–Trinajstić information content (AvgIpc) is 3.49. The van der Waals surface area contributed by atoms with Crippen LogP contribution in [0.15, 0.2) is 65.1 Å². The first-order chi connectivity index (χ1) is 16.4. The van der Waals surface area contributed by atoms with Gasteiger partial charge in [0.25, 0.3) is 0 Å². The molecule has 0 atom stereocenters. The molecule has 0 unspecified atom stereocenters. The highest BCUT2D eigenvalue weighted by molar-refractivity contribution is 7.98. The molecule has 0 bridgehead atoms. The average molecular weight is 489 g/mol. The Hall–Kier alpha value is -3.03. The van der Waals surface area contributed by atoms with Gasteiger partial charge in [0.05, 0.1) is 16.1 Å². The van der Waals surface area contributed by atoms with Gasteiger partial charge in [-0.3, -0.25) is 4.57 Å². The van der Waals surface area contributed by atoms with Crippen LogP contribution in [0.2, 0.25) is 0 Å². The number of fused-ring (bicyclic) bond motifs is 1. The summed E-state index contributed by atoms with van der Waals surface area (Å²) in [5, 5.41) is 13.2. The van der Waals surface area contributed by atoms with Crippen molar-refractivity contribution in [2.45, 2.75) is 44.6 Å². The lowest BCUT2D eigenvalue weighted by Gasteiger charge is -2.16. The molecule has 0 aliphatic carbocycles. The van der Waals surface area contributed by atoms with Gasteiger partial charge < -0.3 is 0 Å². The van der Waals surface area contributed by atoms with Crippen molar-refractivity contribution in [1.82, 2.24) is 19.7 Å². The summed E-state index contributed by atoms with van der Waals surface area (Å²) in [5.74, 6) is 1.31. The first-order valence-electron chi connectivity index (χ1n) is 11.2. The van der Waals surface area contributed by atoms with Crippen molar-refractivity contribution in [2.24, 2.45) is 0 Å². The zero-order valence-electron chi connectivity index (χ0n) is 19.5.